The summed E-state index contributed by atoms with van der Waals surface area (Å²) < 4.78 is 10.8. The fourth-order valence-electron chi connectivity index (χ4n) is 2.71. The fraction of sp³-hybridized carbons (Fsp3) is 0.409. The van der Waals surface area contributed by atoms with Crippen molar-refractivity contribution in [1.29, 1.82) is 0 Å². The Hall–Kier alpha value is -1.84. The lowest BCUT2D eigenvalue weighted by Crippen LogP contribution is -2.36. The van der Waals surface area contributed by atoms with Crippen LogP contribution in [0.5, 0.6) is 5.75 Å². The number of hydrogen-bond donors (Lipinski definition) is 2. The summed E-state index contributed by atoms with van der Waals surface area (Å²) in [5.74, 6) is 1.57. The van der Waals surface area contributed by atoms with E-state index in [-0.39, 0.29) is 24.0 Å². The van der Waals surface area contributed by atoms with Crippen molar-refractivity contribution in [3.8, 4) is 5.75 Å². The average molecular weight is 512 g/mol. The summed E-state index contributed by atoms with van der Waals surface area (Å²) >= 11 is 0. The van der Waals surface area contributed by atoms with Gasteiger partial charge in [0.05, 0.1) is 6.61 Å². The Kier molecular flexibility index (Phi) is 13.1. The second kappa shape index (κ2) is 15.1. The van der Waals surface area contributed by atoms with E-state index in [1.807, 2.05) is 30.3 Å². The molecule has 0 heterocycles. The van der Waals surface area contributed by atoms with Crippen molar-refractivity contribution in [2.75, 3.05) is 52.8 Å². The van der Waals surface area contributed by atoms with Crippen LogP contribution in [-0.2, 0) is 11.3 Å². The van der Waals surface area contributed by atoms with Crippen LogP contribution in [0.4, 0.5) is 5.69 Å². The Morgan fingerprint density at radius 3 is 2.59 bits per heavy atom. The zero-order valence-corrected chi connectivity index (χ0v) is 19.9. The van der Waals surface area contributed by atoms with Gasteiger partial charge in [0.15, 0.2) is 5.96 Å². The van der Waals surface area contributed by atoms with Crippen molar-refractivity contribution in [1.82, 2.24) is 10.2 Å². The maximum absolute atomic E-state index is 5.75. The minimum Gasteiger partial charge on any atom is -0.493 e. The number of halogens is 1. The van der Waals surface area contributed by atoms with Crippen LogP contribution >= 0.6 is 24.0 Å². The number of benzene rings is 2. The molecule has 29 heavy (non-hydrogen) atoms. The Balaban J connectivity index is 0.00000420. The molecule has 0 saturated heterocycles. The summed E-state index contributed by atoms with van der Waals surface area (Å²) in [5, 5.41) is 6.66. The molecule has 0 aliphatic carbocycles. The first-order chi connectivity index (χ1) is 13.7. The predicted molar refractivity (Wildman–Crippen MR) is 132 cm³/mol. The number of rotatable bonds is 11. The van der Waals surface area contributed by atoms with E-state index in [2.05, 4.69) is 51.8 Å². The third-order valence-corrected chi connectivity index (χ3v) is 4.16. The van der Waals surface area contributed by atoms with Crippen LogP contribution in [-0.4, -0.2) is 58.4 Å². The van der Waals surface area contributed by atoms with E-state index in [1.165, 1.54) is 5.56 Å². The Bertz CT molecular complexity index is 713. The van der Waals surface area contributed by atoms with Crippen LogP contribution in [0.2, 0.25) is 0 Å². The molecule has 0 amide bonds. The fourth-order valence-corrected chi connectivity index (χ4v) is 2.71. The molecule has 160 valence electrons. The molecule has 0 spiro atoms. The maximum atomic E-state index is 5.75. The van der Waals surface area contributed by atoms with Gasteiger partial charge in [0, 0.05) is 58.6 Å². The van der Waals surface area contributed by atoms with Crippen molar-refractivity contribution in [3.05, 3.63) is 60.2 Å². The molecule has 2 aromatic rings. The molecular formula is C22H33IN4O2. The van der Waals surface area contributed by atoms with E-state index in [1.54, 1.807) is 14.2 Å². The van der Waals surface area contributed by atoms with Crippen molar-refractivity contribution in [2.45, 2.75) is 13.0 Å². The first-order valence-corrected chi connectivity index (χ1v) is 9.63. The van der Waals surface area contributed by atoms with Gasteiger partial charge in [-0.15, -0.1) is 24.0 Å². The van der Waals surface area contributed by atoms with Crippen LogP contribution in [0, 0.1) is 0 Å². The molecule has 0 unspecified atom stereocenters. The molecule has 0 atom stereocenters. The van der Waals surface area contributed by atoms with E-state index in [9.17, 15) is 0 Å². The van der Waals surface area contributed by atoms with Gasteiger partial charge in [0.25, 0.3) is 0 Å². The van der Waals surface area contributed by atoms with Gasteiger partial charge in [-0.05, 0) is 24.7 Å². The normalized spacial score (nSPS) is 11.1. The molecule has 2 rings (SSSR count). The summed E-state index contributed by atoms with van der Waals surface area (Å²) in [7, 11) is 5.59. The Labute approximate surface area is 191 Å². The smallest absolute Gasteiger partial charge is 0.195 e. The quantitative estimate of drug-likeness (QED) is 0.208. The standard InChI is InChI=1S/C22H32N4O2.HI/c1-23-22(24-13-14-26(2)18-19-9-5-4-6-10-19)25-20-11-7-12-21(17-20)28-16-8-15-27-3;/h4-7,9-12,17H,8,13-16,18H2,1-3H3,(H2,23,24,25);1H. The second-order valence-corrected chi connectivity index (χ2v) is 6.57. The largest absolute Gasteiger partial charge is 0.493 e. The number of likely N-dealkylation sites (N-methyl/N-ethyl adjacent to an activating group) is 1. The molecule has 0 fully saturated rings. The first kappa shape index (κ1) is 25.2. The molecule has 2 aromatic carbocycles. The molecule has 0 bridgehead atoms. The highest BCUT2D eigenvalue weighted by Gasteiger charge is 2.03. The number of aliphatic imine (C=N–C) groups is 1. The van der Waals surface area contributed by atoms with Crippen molar-refractivity contribution >= 4 is 35.6 Å². The summed E-state index contributed by atoms with van der Waals surface area (Å²) in [5.41, 5.74) is 2.25. The van der Waals surface area contributed by atoms with Crippen LogP contribution < -0.4 is 15.4 Å². The third kappa shape index (κ3) is 10.5. The van der Waals surface area contributed by atoms with Crippen LogP contribution in [0.3, 0.4) is 0 Å². The van der Waals surface area contributed by atoms with E-state index < -0.39 is 0 Å². The lowest BCUT2D eigenvalue weighted by molar-refractivity contribution is 0.172. The monoisotopic (exact) mass is 512 g/mol. The number of ether oxygens (including phenoxy) is 2. The highest BCUT2D eigenvalue weighted by Crippen LogP contribution is 2.17. The molecule has 0 radical (unpaired) electrons. The molecule has 0 aliphatic heterocycles. The van der Waals surface area contributed by atoms with Gasteiger partial charge < -0.3 is 25.0 Å². The summed E-state index contributed by atoms with van der Waals surface area (Å²) in [6.07, 6.45) is 0.869. The Morgan fingerprint density at radius 1 is 1.07 bits per heavy atom. The number of guanidine groups is 1. The zero-order chi connectivity index (χ0) is 20.0. The number of anilines is 1. The summed E-state index contributed by atoms with van der Waals surface area (Å²) in [6, 6.07) is 18.4. The van der Waals surface area contributed by atoms with E-state index in [0.29, 0.717) is 13.2 Å². The number of nitrogens with one attached hydrogen (secondary N) is 2. The number of nitrogens with zero attached hydrogens (tertiary/aromatic N) is 2. The molecule has 7 heteroatoms. The van der Waals surface area contributed by atoms with Crippen molar-refractivity contribution in [3.63, 3.8) is 0 Å². The molecule has 6 nitrogen and oxygen atoms in total. The molecule has 2 N–H and O–H groups in total. The van der Waals surface area contributed by atoms with Crippen LogP contribution in [0.25, 0.3) is 0 Å². The van der Waals surface area contributed by atoms with E-state index in [0.717, 1.165) is 43.5 Å². The highest BCUT2D eigenvalue weighted by molar-refractivity contribution is 14.0. The molecule has 0 aliphatic rings. The lowest BCUT2D eigenvalue weighted by atomic mass is 10.2. The maximum Gasteiger partial charge on any atom is 0.195 e. The Morgan fingerprint density at radius 2 is 1.86 bits per heavy atom. The minimum absolute atomic E-state index is 0. The van der Waals surface area contributed by atoms with Gasteiger partial charge in [-0.3, -0.25) is 4.99 Å². The molecular weight excluding hydrogens is 479 g/mol. The van der Waals surface area contributed by atoms with E-state index >= 15 is 0 Å². The van der Waals surface area contributed by atoms with Gasteiger partial charge in [-0.2, -0.15) is 0 Å². The topological polar surface area (TPSA) is 58.1 Å². The second-order valence-electron chi connectivity index (χ2n) is 6.57. The van der Waals surface area contributed by atoms with Crippen molar-refractivity contribution in [2.24, 2.45) is 4.99 Å². The van der Waals surface area contributed by atoms with Crippen LogP contribution in [0.1, 0.15) is 12.0 Å². The third-order valence-electron chi connectivity index (χ3n) is 4.16. The van der Waals surface area contributed by atoms with Gasteiger partial charge in [0.2, 0.25) is 0 Å². The van der Waals surface area contributed by atoms with Gasteiger partial charge in [-0.25, -0.2) is 0 Å². The predicted octanol–water partition coefficient (Wildman–Crippen LogP) is 3.84. The van der Waals surface area contributed by atoms with Crippen molar-refractivity contribution < 1.29 is 9.47 Å². The summed E-state index contributed by atoms with van der Waals surface area (Å²) in [4.78, 5) is 6.58. The van der Waals surface area contributed by atoms with Gasteiger partial charge in [-0.1, -0.05) is 36.4 Å². The van der Waals surface area contributed by atoms with Gasteiger partial charge >= 0.3 is 0 Å². The summed E-state index contributed by atoms with van der Waals surface area (Å²) in [6.45, 7) is 3.98. The highest BCUT2D eigenvalue weighted by atomic mass is 127. The van der Waals surface area contributed by atoms with Gasteiger partial charge in [0.1, 0.15) is 5.75 Å². The average Bonchev–Trinajstić information content (AvgIpc) is 2.71. The first-order valence-electron chi connectivity index (χ1n) is 9.63. The zero-order valence-electron chi connectivity index (χ0n) is 17.6. The number of hydrogen-bond acceptors (Lipinski definition) is 4. The lowest BCUT2D eigenvalue weighted by Gasteiger charge is -2.18. The molecule has 0 aromatic heterocycles. The molecule has 0 saturated carbocycles. The van der Waals surface area contributed by atoms with E-state index in [4.69, 9.17) is 9.47 Å². The number of methoxy groups -OCH3 is 1. The SMILES string of the molecule is CN=C(NCCN(C)Cc1ccccc1)Nc1cccc(OCCCOC)c1.I. The minimum atomic E-state index is 0. The van der Waals surface area contributed by atoms with Crippen LogP contribution in [0.15, 0.2) is 59.6 Å².